The monoisotopic (exact) mass is 399 g/mol. The largest absolute Gasteiger partial charge is 0.459 e. The summed E-state index contributed by atoms with van der Waals surface area (Å²) in [6.07, 6.45) is 3.38. The van der Waals surface area contributed by atoms with Gasteiger partial charge in [0, 0.05) is 4.88 Å². The van der Waals surface area contributed by atoms with E-state index >= 15 is 0 Å². The first-order valence-electron chi connectivity index (χ1n) is 10.1. The summed E-state index contributed by atoms with van der Waals surface area (Å²) in [5.41, 5.74) is 2.62. The lowest BCUT2D eigenvalue weighted by atomic mass is 9.88. The van der Waals surface area contributed by atoms with Crippen LogP contribution < -0.4 is 5.32 Å². The van der Waals surface area contributed by atoms with Crippen LogP contribution in [0.15, 0.2) is 30.3 Å². The van der Waals surface area contributed by atoms with Crippen molar-refractivity contribution in [3.05, 3.63) is 51.9 Å². The van der Waals surface area contributed by atoms with Crippen LogP contribution in [0.5, 0.6) is 0 Å². The van der Waals surface area contributed by atoms with Crippen molar-refractivity contribution < 1.29 is 14.3 Å². The van der Waals surface area contributed by atoms with Crippen molar-refractivity contribution in [3.63, 3.8) is 0 Å². The number of hydrogen-bond acceptors (Lipinski definition) is 4. The number of carbonyl (C=O) groups is 2. The van der Waals surface area contributed by atoms with E-state index in [9.17, 15) is 9.59 Å². The Labute approximate surface area is 171 Å². The molecule has 0 saturated carbocycles. The third kappa shape index (κ3) is 4.46. The molecule has 1 aromatic heterocycles. The second kappa shape index (κ2) is 8.91. The van der Waals surface area contributed by atoms with Gasteiger partial charge in [0.15, 0.2) is 0 Å². The average Bonchev–Trinajstić information content (AvgIpc) is 2.99. The molecule has 1 heterocycles. The Morgan fingerprint density at radius 3 is 2.61 bits per heavy atom. The van der Waals surface area contributed by atoms with Crippen LogP contribution in [0.3, 0.4) is 0 Å². The Morgan fingerprint density at radius 2 is 1.96 bits per heavy atom. The third-order valence-corrected chi connectivity index (χ3v) is 6.39. The summed E-state index contributed by atoms with van der Waals surface area (Å²) in [5.74, 6) is -0.0475. The minimum absolute atomic E-state index is 0.0704. The normalized spacial score (nSPS) is 17.1. The molecule has 0 saturated heterocycles. The van der Waals surface area contributed by atoms with Gasteiger partial charge in [-0.1, -0.05) is 44.2 Å². The fourth-order valence-electron chi connectivity index (χ4n) is 3.78. The Kier molecular flexibility index (Phi) is 6.55. The van der Waals surface area contributed by atoms with Gasteiger partial charge < -0.3 is 10.1 Å². The van der Waals surface area contributed by atoms with Gasteiger partial charge in [0.05, 0.1) is 17.6 Å². The molecule has 150 valence electrons. The number of esters is 1. The first-order chi connectivity index (χ1) is 13.4. The van der Waals surface area contributed by atoms with Gasteiger partial charge >= 0.3 is 5.97 Å². The highest BCUT2D eigenvalue weighted by atomic mass is 32.1. The van der Waals surface area contributed by atoms with Crippen LogP contribution in [0.25, 0.3) is 0 Å². The fraction of sp³-hybridized carbons (Fsp3) is 0.478. The van der Waals surface area contributed by atoms with E-state index in [4.69, 9.17) is 4.74 Å². The smallest absolute Gasteiger partial charge is 0.341 e. The summed E-state index contributed by atoms with van der Waals surface area (Å²) in [4.78, 5) is 27.1. The highest BCUT2D eigenvalue weighted by Crippen LogP contribution is 2.40. The van der Waals surface area contributed by atoms with Crippen molar-refractivity contribution >= 4 is 28.2 Å². The molecule has 2 atom stereocenters. The van der Waals surface area contributed by atoms with E-state index in [1.807, 2.05) is 51.1 Å². The Balaban J connectivity index is 1.92. The number of thiophene rings is 1. The van der Waals surface area contributed by atoms with Gasteiger partial charge in [0.1, 0.15) is 5.00 Å². The fourth-order valence-corrected chi connectivity index (χ4v) is 5.19. The number of anilines is 1. The van der Waals surface area contributed by atoms with E-state index in [-0.39, 0.29) is 23.9 Å². The molecule has 4 nitrogen and oxygen atoms in total. The van der Waals surface area contributed by atoms with Crippen molar-refractivity contribution in [2.24, 2.45) is 5.92 Å². The molecule has 1 aliphatic rings. The van der Waals surface area contributed by atoms with Gasteiger partial charge in [-0.3, -0.25) is 4.79 Å². The number of fused-ring (bicyclic) bond motifs is 1. The lowest BCUT2D eigenvalue weighted by Gasteiger charge is -2.19. The molecule has 1 amide bonds. The average molecular weight is 400 g/mol. The quantitative estimate of drug-likeness (QED) is 0.646. The second-order valence-electron chi connectivity index (χ2n) is 7.87. The topological polar surface area (TPSA) is 55.4 Å². The zero-order valence-corrected chi connectivity index (χ0v) is 17.9. The zero-order chi connectivity index (χ0) is 20.3. The standard InChI is InChI=1S/C23H29NO3S/c1-5-17(16-9-7-6-8-10-16)21(25)24-22-20(23(26)27-14(2)3)18-12-11-15(4)13-19(18)28-22/h6-10,14-15,17H,5,11-13H2,1-4H3,(H,24,25)/t15-,17+/m1/s1. The lowest BCUT2D eigenvalue weighted by Crippen LogP contribution is -2.22. The number of amides is 1. The highest BCUT2D eigenvalue weighted by Gasteiger charge is 2.30. The molecule has 1 N–H and O–H groups in total. The van der Waals surface area contributed by atoms with Crippen molar-refractivity contribution in [1.29, 1.82) is 0 Å². The van der Waals surface area contributed by atoms with E-state index in [1.54, 1.807) is 0 Å². The van der Waals surface area contributed by atoms with Crippen LogP contribution in [0, 0.1) is 5.92 Å². The number of ether oxygens (including phenoxy) is 1. The lowest BCUT2D eigenvalue weighted by molar-refractivity contribution is -0.117. The van der Waals surface area contributed by atoms with Crippen molar-refractivity contribution in [1.82, 2.24) is 0 Å². The Morgan fingerprint density at radius 1 is 1.25 bits per heavy atom. The van der Waals surface area contributed by atoms with Gasteiger partial charge in [0.25, 0.3) is 0 Å². The molecule has 3 rings (SSSR count). The molecule has 0 unspecified atom stereocenters. The van der Waals surface area contributed by atoms with Crippen LogP contribution in [-0.4, -0.2) is 18.0 Å². The maximum atomic E-state index is 13.1. The summed E-state index contributed by atoms with van der Waals surface area (Å²) < 4.78 is 5.50. The van der Waals surface area contributed by atoms with Gasteiger partial charge in [-0.05, 0) is 56.6 Å². The predicted molar refractivity (Wildman–Crippen MR) is 114 cm³/mol. The van der Waals surface area contributed by atoms with Gasteiger partial charge in [-0.25, -0.2) is 4.79 Å². The van der Waals surface area contributed by atoms with E-state index in [2.05, 4.69) is 12.2 Å². The Bertz CT molecular complexity index is 841. The zero-order valence-electron chi connectivity index (χ0n) is 17.1. The molecule has 0 bridgehead atoms. The van der Waals surface area contributed by atoms with Crippen LogP contribution in [0.1, 0.15) is 72.8 Å². The van der Waals surface area contributed by atoms with Crippen molar-refractivity contribution in [3.8, 4) is 0 Å². The van der Waals surface area contributed by atoms with Crippen LogP contribution in [0.4, 0.5) is 5.00 Å². The van der Waals surface area contributed by atoms with Crippen molar-refractivity contribution in [2.75, 3.05) is 5.32 Å². The van der Waals surface area contributed by atoms with Crippen LogP contribution >= 0.6 is 11.3 Å². The first kappa shape index (κ1) is 20.6. The van der Waals surface area contributed by atoms with E-state index in [1.165, 1.54) is 16.2 Å². The highest BCUT2D eigenvalue weighted by molar-refractivity contribution is 7.17. The van der Waals surface area contributed by atoms with Gasteiger partial charge in [-0.15, -0.1) is 11.3 Å². The molecular formula is C23H29NO3S. The van der Waals surface area contributed by atoms with E-state index < -0.39 is 0 Å². The molecule has 5 heteroatoms. The molecule has 2 aromatic rings. The van der Waals surface area contributed by atoms with Crippen LogP contribution in [-0.2, 0) is 22.4 Å². The van der Waals surface area contributed by atoms with Crippen molar-refractivity contribution in [2.45, 2.75) is 65.4 Å². The van der Waals surface area contributed by atoms with E-state index in [0.29, 0.717) is 22.9 Å². The molecular weight excluding hydrogens is 370 g/mol. The molecule has 0 radical (unpaired) electrons. The SMILES string of the molecule is CC[C@H](C(=O)Nc1sc2c(c1C(=O)OC(C)C)CC[C@@H](C)C2)c1ccccc1. The maximum absolute atomic E-state index is 13.1. The number of hydrogen-bond donors (Lipinski definition) is 1. The first-order valence-corrected chi connectivity index (χ1v) is 10.9. The van der Waals surface area contributed by atoms with E-state index in [0.717, 1.165) is 30.4 Å². The molecule has 0 fully saturated rings. The van der Waals surface area contributed by atoms with Crippen LogP contribution in [0.2, 0.25) is 0 Å². The minimum Gasteiger partial charge on any atom is -0.459 e. The number of benzene rings is 1. The molecule has 0 aliphatic heterocycles. The summed E-state index contributed by atoms with van der Waals surface area (Å²) in [7, 11) is 0. The summed E-state index contributed by atoms with van der Waals surface area (Å²) in [5, 5.41) is 3.71. The molecule has 1 aliphatic carbocycles. The number of carbonyl (C=O) groups excluding carboxylic acids is 2. The number of nitrogens with one attached hydrogen (secondary N) is 1. The third-order valence-electron chi connectivity index (χ3n) is 5.22. The van der Waals surface area contributed by atoms with Gasteiger partial charge in [0.2, 0.25) is 5.91 Å². The Hall–Kier alpha value is -2.14. The molecule has 28 heavy (non-hydrogen) atoms. The summed E-state index contributed by atoms with van der Waals surface area (Å²) in [6.45, 7) is 7.93. The molecule has 1 aromatic carbocycles. The predicted octanol–water partition coefficient (Wildman–Crippen LogP) is 5.57. The second-order valence-corrected chi connectivity index (χ2v) is 8.98. The summed E-state index contributed by atoms with van der Waals surface area (Å²) in [6, 6.07) is 9.79. The number of rotatable bonds is 6. The maximum Gasteiger partial charge on any atom is 0.341 e. The molecule has 0 spiro atoms. The summed E-state index contributed by atoms with van der Waals surface area (Å²) >= 11 is 1.54. The van der Waals surface area contributed by atoms with Gasteiger partial charge in [-0.2, -0.15) is 0 Å². The minimum atomic E-state index is -0.329.